The van der Waals surface area contributed by atoms with E-state index < -0.39 is 0 Å². The maximum absolute atomic E-state index is 7.10. The van der Waals surface area contributed by atoms with Gasteiger partial charge in [-0.25, -0.2) is 0 Å². The van der Waals surface area contributed by atoms with Crippen molar-refractivity contribution >= 4 is 28.7 Å². The van der Waals surface area contributed by atoms with Crippen LogP contribution < -0.4 is 23.8 Å². The minimum atomic E-state index is -0.204. The first kappa shape index (κ1) is 30.8. The molecule has 0 unspecified atom stereocenters. The summed E-state index contributed by atoms with van der Waals surface area (Å²) in [7, 11) is 10.9. The van der Waals surface area contributed by atoms with Crippen LogP contribution in [0.1, 0.15) is 58.1 Å². The molecular weight excluding hydrogens is 560 g/mol. The molecule has 0 spiro atoms. The summed E-state index contributed by atoms with van der Waals surface area (Å²) < 4.78 is 24.6. The molecule has 3 aliphatic rings. The summed E-state index contributed by atoms with van der Waals surface area (Å²) in [4.78, 5) is 2.24. The van der Waals surface area contributed by atoms with E-state index >= 15 is 0 Å². The Balaban J connectivity index is 1.47. The van der Waals surface area contributed by atoms with Crippen LogP contribution in [0.4, 0.5) is 11.4 Å². The van der Waals surface area contributed by atoms with Crippen molar-refractivity contribution in [3.8, 4) is 23.0 Å². The molecule has 2 heterocycles. The number of anilines is 1. The molecule has 0 saturated heterocycles. The van der Waals surface area contributed by atoms with Crippen molar-refractivity contribution in [1.29, 1.82) is 0 Å². The molecule has 1 aliphatic carbocycles. The number of allylic oxidation sites excluding steroid dienone is 8. The van der Waals surface area contributed by atoms with Crippen molar-refractivity contribution in [2.75, 3.05) is 47.4 Å². The first-order valence-corrected chi connectivity index (χ1v) is 15.1. The lowest BCUT2D eigenvalue weighted by Crippen LogP contribution is -2.26. The molecule has 0 amide bonds. The smallest absolute Gasteiger partial charge is 0.213 e. The molecule has 2 aliphatic heterocycles. The van der Waals surface area contributed by atoms with Crippen molar-refractivity contribution in [2.45, 2.75) is 57.8 Å². The zero-order valence-corrected chi connectivity index (χ0v) is 27.9. The maximum Gasteiger partial charge on any atom is 0.213 e. The Hall–Kier alpha value is -3.64. The molecule has 0 radical (unpaired) electrons. The van der Waals surface area contributed by atoms with Crippen LogP contribution in [-0.2, 0) is 10.8 Å². The van der Waals surface area contributed by atoms with Crippen molar-refractivity contribution < 1.29 is 23.5 Å². The number of hydrogen-bond donors (Lipinski definition) is 0. The lowest BCUT2D eigenvalue weighted by atomic mass is 9.81. The quantitative estimate of drug-likeness (QED) is 0.298. The molecule has 0 bridgehead atoms. The Labute approximate surface area is 261 Å². The summed E-state index contributed by atoms with van der Waals surface area (Å²) in [6.45, 7) is 8.99. The van der Waals surface area contributed by atoms with Crippen LogP contribution in [0.15, 0.2) is 70.4 Å². The number of benzene rings is 2. The van der Waals surface area contributed by atoms with Crippen molar-refractivity contribution in [3.05, 3.63) is 81.6 Å². The van der Waals surface area contributed by atoms with Crippen molar-refractivity contribution in [1.82, 2.24) is 0 Å². The third kappa shape index (κ3) is 5.04. The fourth-order valence-corrected chi connectivity index (χ4v) is 7.19. The monoisotopic (exact) mass is 603 g/mol. The molecule has 0 saturated carbocycles. The summed E-state index contributed by atoms with van der Waals surface area (Å²) in [5.41, 5.74) is 8.99. The van der Waals surface area contributed by atoms with E-state index in [1.807, 2.05) is 0 Å². The molecule has 228 valence electrons. The molecule has 7 heteroatoms. The number of fused-ring (bicyclic) bond motifs is 2. The van der Waals surface area contributed by atoms with Gasteiger partial charge in [-0.3, -0.25) is 0 Å². The number of nitrogens with zero attached hydrogens (tertiary/aromatic N) is 2. The minimum Gasteiger partial charge on any atom is -0.493 e. The van der Waals surface area contributed by atoms with Gasteiger partial charge in [-0.15, -0.1) is 0 Å². The predicted molar refractivity (Wildman–Crippen MR) is 176 cm³/mol. The van der Waals surface area contributed by atoms with E-state index in [0.717, 1.165) is 69.8 Å². The Morgan fingerprint density at radius 3 is 1.98 bits per heavy atom. The van der Waals surface area contributed by atoms with Crippen LogP contribution in [0.5, 0.6) is 23.0 Å². The fraction of sp³-hybridized carbons (Fsp3) is 0.417. The van der Waals surface area contributed by atoms with Crippen LogP contribution in [0.3, 0.4) is 0 Å². The van der Waals surface area contributed by atoms with E-state index in [2.05, 4.69) is 99.8 Å². The first-order chi connectivity index (χ1) is 20.4. The summed E-state index contributed by atoms with van der Waals surface area (Å²) in [6, 6.07) is 8.31. The Bertz CT molecular complexity index is 1620. The normalized spacial score (nSPS) is 20.8. The standard InChI is InChI=1S/C36H44ClN2O4/c1-35(2)24-18-28(40-7)30(42-9)20-26(24)38(5)32(35)16-14-22-12-11-13-23(34(22)37)15-17-33-36(3,4)25-19-29(41-8)31(43-10)21-27(25)39(33)6/h14-21H,11-13H2,1-10H3/q+1. The van der Waals surface area contributed by atoms with E-state index in [-0.39, 0.29) is 10.8 Å². The highest BCUT2D eigenvalue weighted by atomic mass is 35.5. The first-order valence-electron chi connectivity index (χ1n) is 14.8. The highest BCUT2D eigenvalue weighted by Gasteiger charge is 2.44. The largest absolute Gasteiger partial charge is 0.493 e. The van der Waals surface area contributed by atoms with Gasteiger partial charge in [0.15, 0.2) is 28.7 Å². The van der Waals surface area contributed by atoms with Crippen LogP contribution in [0.2, 0.25) is 0 Å². The average molecular weight is 604 g/mol. The zero-order chi connectivity index (χ0) is 31.3. The second kappa shape index (κ2) is 11.5. The highest BCUT2D eigenvalue weighted by Crippen LogP contribution is 2.51. The number of halogens is 1. The van der Waals surface area contributed by atoms with Gasteiger partial charge in [0.05, 0.1) is 39.9 Å². The maximum atomic E-state index is 7.10. The number of hydrogen-bond acceptors (Lipinski definition) is 5. The van der Waals surface area contributed by atoms with E-state index in [9.17, 15) is 0 Å². The van der Waals surface area contributed by atoms with Crippen LogP contribution in [0.25, 0.3) is 0 Å². The topological polar surface area (TPSA) is 43.2 Å². The van der Waals surface area contributed by atoms with Gasteiger partial charge in [-0.1, -0.05) is 37.6 Å². The molecular formula is C36H44ClN2O4+. The molecule has 2 aromatic rings. The van der Waals surface area contributed by atoms with Gasteiger partial charge in [0.25, 0.3) is 0 Å². The van der Waals surface area contributed by atoms with Crippen molar-refractivity contribution in [3.63, 3.8) is 0 Å². The minimum absolute atomic E-state index is 0.204. The van der Waals surface area contributed by atoms with Crippen LogP contribution >= 0.6 is 11.6 Å². The fourth-order valence-electron chi connectivity index (χ4n) is 6.87. The number of methoxy groups -OCH3 is 4. The second-order valence-electron chi connectivity index (χ2n) is 12.5. The molecule has 5 rings (SSSR count). The summed E-state index contributed by atoms with van der Waals surface area (Å²) >= 11 is 7.10. The van der Waals surface area contributed by atoms with Gasteiger partial charge in [0, 0.05) is 46.6 Å². The van der Waals surface area contributed by atoms with Crippen LogP contribution in [-0.4, -0.2) is 52.8 Å². The van der Waals surface area contributed by atoms with E-state index in [1.165, 1.54) is 22.5 Å². The Kier molecular flexibility index (Phi) is 8.21. The van der Waals surface area contributed by atoms with Gasteiger partial charge in [-0.2, -0.15) is 4.58 Å². The SMILES string of the molecule is COc1cc2c(cc1OC)C(C)(C)/C(=C/C=C1\CCCC(/C=C/C3=[N+](C)c4cc(OC)c(OC)cc4C3(C)C)=C1Cl)N2C. The average Bonchev–Trinajstić information content (AvgIpc) is 3.30. The summed E-state index contributed by atoms with van der Waals surface area (Å²) in [6.07, 6.45) is 11.8. The lowest BCUT2D eigenvalue weighted by Gasteiger charge is -2.24. The number of ether oxygens (including phenoxy) is 4. The Morgan fingerprint density at radius 2 is 1.35 bits per heavy atom. The van der Waals surface area contributed by atoms with Gasteiger partial charge in [-0.05, 0) is 68.0 Å². The van der Waals surface area contributed by atoms with Crippen LogP contribution in [0, 0.1) is 0 Å². The molecule has 2 aromatic carbocycles. The summed E-state index contributed by atoms with van der Waals surface area (Å²) in [5, 5.41) is 0.846. The predicted octanol–water partition coefficient (Wildman–Crippen LogP) is 8.20. The molecule has 43 heavy (non-hydrogen) atoms. The van der Waals surface area contributed by atoms with E-state index in [4.69, 9.17) is 30.5 Å². The van der Waals surface area contributed by atoms with E-state index in [1.54, 1.807) is 28.4 Å². The molecule has 0 atom stereocenters. The summed E-state index contributed by atoms with van der Waals surface area (Å²) in [5.74, 6) is 2.95. The molecule has 6 nitrogen and oxygen atoms in total. The second-order valence-corrected chi connectivity index (χ2v) is 12.8. The zero-order valence-electron chi connectivity index (χ0n) is 27.1. The molecule has 0 fully saturated rings. The Morgan fingerprint density at radius 1 is 0.767 bits per heavy atom. The van der Waals surface area contributed by atoms with Gasteiger partial charge < -0.3 is 23.8 Å². The van der Waals surface area contributed by atoms with Gasteiger partial charge >= 0.3 is 0 Å². The third-order valence-electron chi connectivity index (χ3n) is 9.42. The third-order valence-corrected chi connectivity index (χ3v) is 9.90. The van der Waals surface area contributed by atoms with Crippen molar-refractivity contribution in [2.24, 2.45) is 0 Å². The van der Waals surface area contributed by atoms with Gasteiger partial charge in [0.1, 0.15) is 7.05 Å². The van der Waals surface area contributed by atoms with Gasteiger partial charge in [0.2, 0.25) is 5.69 Å². The highest BCUT2D eigenvalue weighted by molar-refractivity contribution is 6.32. The number of likely N-dealkylation sites (N-methyl/N-ethyl adjacent to an activating group) is 1. The van der Waals surface area contributed by atoms with E-state index in [0.29, 0.717) is 0 Å². The number of rotatable bonds is 7. The molecule has 0 aromatic heterocycles. The molecule has 0 N–H and O–H groups in total. The lowest BCUT2D eigenvalue weighted by molar-refractivity contribution is -0.401.